The summed E-state index contributed by atoms with van der Waals surface area (Å²) < 4.78 is 0. The first-order valence-electron chi connectivity index (χ1n) is 6.71. The summed E-state index contributed by atoms with van der Waals surface area (Å²) in [5.74, 6) is -0.0475. The number of rotatable bonds is 3. The molecule has 102 valence electrons. The summed E-state index contributed by atoms with van der Waals surface area (Å²) >= 11 is 0. The van der Waals surface area contributed by atoms with E-state index < -0.39 is 0 Å². The van der Waals surface area contributed by atoms with Gasteiger partial charge in [0.1, 0.15) is 0 Å². The van der Waals surface area contributed by atoms with E-state index in [1.807, 2.05) is 36.4 Å². The summed E-state index contributed by atoms with van der Waals surface area (Å²) in [5, 5.41) is 14.0. The highest BCUT2D eigenvalue weighted by Crippen LogP contribution is 2.31. The Hall–Kier alpha value is -2.43. The number of carbonyl (C=O) groups excluding carboxylic acids is 1. The largest absolute Gasteiger partial charge is 0.385 e. The van der Waals surface area contributed by atoms with E-state index >= 15 is 0 Å². The van der Waals surface area contributed by atoms with Crippen LogP contribution in [0.15, 0.2) is 42.6 Å². The van der Waals surface area contributed by atoms with Crippen molar-refractivity contribution < 1.29 is 4.79 Å². The second-order valence-electron chi connectivity index (χ2n) is 4.79. The first kappa shape index (κ1) is 12.6. The third-order valence-electron chi connectivity index (χ3n) is 3.47. The van der Waals surface area contributed by atoms with Gasteiger partial charge < -0.3 is 10.6 Å². The van der Waals surface area contributed by atoms with Crippen molar-refractivity contribution in [1.29, 1.82) is 0 Å². The monoisotopic (exact) mass is 268 g/mol. The summed E-state index contributed by atoms with van der Waals surface area (Å²) in [6.45, 7) is 1.24. The average molecular weight is 268 g/mol. The predicted molar refractivity (Wildman–Crippen MR) is 76.2 cm³/mol. The number of hydrogen-bond donors (Lipinski definition) is 2. The highest BCUT2D eigenvalue weighted by molar-refractivity contribution is 5.86. The van der Waals surface area contributed by atoms with Crippen LogP contribution in [0.5, 0.6) is 0 Å². The number of benzene rings is 1. The molecule has 1 aliphatic heterocycles. The molecular formula is C15H16N4O. The van der Waals surface area contributed by atoms with Gasteiger partial charge >= 0.3 is 0 Å². The van der Waals surface area contributed by atoms with E-state index in [9.17, 15) is 4.79 Å². The zero-order valence-electron chi connectivity index (χ0n) is 11.0. The molecule has 0 saturated heterocycles. The van der Waals surface area contributed by atoms with E-state index in [0.29, 0.717) is 6.54 Å². The van der Waals surface area contributed by atoms with Crippen LogP contribution in [0.2, 0.25) is 0 Å². The molecule has 5 nitrogen and oxygen atoms in total. The molecule has 2 N–H and O–H groups in total. The van der Waals surface area contributed by atoms with Crippen LogP contribution >= 0.6 is 0 Å². The first-order chi connectivity index (χ1) is 9.84. The topological polar surface area (TPSA) is 66.9 Å². The van der Waals surface area contributed by atoms with Crippen LogP contribution in [0.3, 0.4) is 0 Å². The van der Waals surface area contributed by atoms with Gasteiger partial charge in [0.25, 0.3) is 0 Å². The molecule has 1 aromatic carbocycles. The molecule has 0 aliphatic carbocycles. The van der Waals surface area contributed by atoms with Crippen molar-refractivity contribution in [2.75, 3.05) is 11.9 Å². The van der Waals surface area contributed by atoms with Crippen LogP contribution in [-0.4, -0.2) is 22.6 Å². The normalized spacial score (nSPS) is 16.9. The third-order valence-corrected chi connectivity index (χ3v) is 3.47. The Labute approximate surface area is 117 Å². The number of para-hydroxylation sites is 1. The zero-order chi connectivity index (χ0) is 13.8. The zero-order valence-corrected chi connectivity index (χ0v) is 11.0. The van der Waals surface area contributed by atoms with Gasteiger partial charge in [0.2, 0.25) is 5.91 Å². The van der Waals surface area contributed by atoms with Crippen LogP contribution in [0.4, 0.5) is 5.69 Å². The minimum atomic E-state index is -0.0934. The fraction of sp³-hybridized carbons (Fsp3) is 0.267. The van der Waals surface area contributed by atoms with Gasteiger partial charge in [0.15, 0.2) is 0 Å². The Morgan fingerprint density at radius 2 is 2.20 bits per heavy atom. The second-order valence-corrected chi connectivity index (χ2v) is 4.79. The lowest BCUT2D eigenvalue weighted by Gasteiger charge is -2.25. The fourth-order valence-electron chi connectivity index (χ4n) is 2.47. The van der Waals surface area contributed by atoms with E-state index in [-0.39, 0.29) is 11.8 Å². The van der Waals surface area contributed by atoms with Crippen LogP contribution in [-0.2, 0) is 11.3 Å². The molecule has 1 aromatic heterocycles. The Balaban J connectivity index is 1.69. The van der Waals surface area contributed by atoms with Gasteiger partial charge in [-0.05, 0) is 30.2 Å². The lowest BCUT2D eigenvalue weighted by atomic mass is 9.90. The molecular weight excluding hydrogens is 252 g/mol. The number of aromatic nitrogens is 2. The summed E-state index contributed by atoms with van der Waals surface area (Å²) in [6.07, 6.45) is 2.43. The van der Waals surface area contributed by atoms with Crippen molar-refractivity contribution in [1.82, 2.24) is 15.5 Å². The van der Waals surface area contributed by atoms with Gasteiger partial charge in [-0.15, -0.1) is 0 Å². The molecule has 20 heavy (non-hydrogen) atoms. The molecule has 5 heteroatoms. The van der Waals surface area contributed by atoms with Gasteiger partial charge in [-0.2, -0.15) is 10.2 Å². The van der Waals surface area contributed by atoms with Gasteiger partial charge in [-0.3, -0.25) is 4.79 Å². The number of anilines is 1. The average Bonchev–Trinajstić information content (AvgIpc) is 2.53. The van der Waals surface area contributed by atoms with Gasteiger partial charge in [0, 0.05) is 18.4 Å². The van der Waals surface area contributed by atoms with Crippen molar-refractivity contribution in [3.05, 3.63) is 53.9 Å². The molecule has 0 saturated carbocycles. The Morgan fingerprint density at radius 3 is 3.05 bits per heavy atom. The van der Waals surface area contributed by atoms with Crippen molar-refractivity contribution in [3.8, 4) is 0 Å². The summed E-state index contributed by atoms with van der Waals surface area (Å²) in [5.41, 5.74) is 2.89. The molecule has 2 heterocycles. The number of carbonyl (C=O) groups is 1. The molecule has 1 aliphatic rings. The molecule has 1 atom stereocenters. The molecule has 1 amide bonds. The smallest absolute Gasteiger partial charge is 0.228 e. The third kappa shape index (κ3) is 2.61. The summed E-state index contributed by atoms with van der Waals surface area (Å²) in [7, 11) is 0. The summed E-state index contributed by atoms with van der Waals surface area (Å²) in [4.78, 5) is 12.3. The molecule has 3 rings (SSSR count). The second kappa shape index (κ2) is 5.69. The number of hydrogen-bond acceptors (Lipinski definition) is 4. The SMILES string of the molecule is O=C(NCc1cccnn1)C1CCNc2ccccc21. The number of fused-ring (bicyclic) bond motifs is 1. The number of nitrogens with zero attached hydrogens (tertiary/aromatic N) is 2. The van der Waals surface area contributed by atoms with Gasteiger partial charge in [-0.25, -0.2) is 0 Å². The van der Waals surface area contributed by atoms with Crippen molar-refractivity contribution in [2.45, 2.75) is 18.9 Å². The van der Waals surface area contributed by atoms with Crippen molar-refractivity contribution in [2.24, 2.45) is 0 Å². The van der Waals surface area contributed by atoms with E-state index in [1.165, 1.54) is 0 Å². The Bertz CT molecular complexity index is 600. The van der Waals surface area contributed by atoms with Crippen LogP contribution in [0, 0.1) is 0 Å². The van der Waals surface area contributed by atoms with Crippen LogP contribution < -0.4 is 10.6 Å². The van der Waals surface area contributed by atoms with Crippen molar-refractivity contribution in [3.63, 3.8) is 0 Å². The number of nitrogens with one attached hydrogen (secondary N) is 2. The maximum Gasteiger partial charge on any atom is 0.228 e. The van der Waals surface area contributed by atoms with E-state index in [2.05, 4.69) is 20.8 Å². The fourth-order valence-corrected chi connectivity index (χ4v) is 2.47. The molecule has 0 spiro atoms. The highest BCUT2D eigenvalue weighted by atomic mass is 16.1. The molecule has 2 aromatic rings. The molecule has 0 bridgehead atoms. The van der Waals surface area contributed by atoms with Gasteiger partial charge in [-0.1, -0.05) is 18.2 Å². The van der Waals surface area contributed by atoms with E-state index in [0.717, 1.165) is 29.9 Å². The first-order valence-corrected chi connectivity index (χ1v) is 6.71. The Kier molecular flexibility index (Phi) is 3.58. The van der Waals surface area contributed by atoms with Gasteiger partial charge in [0.05, 0.1) is 18.2 Å². The molecule has 0 radical (unpaired) electrons. The minimum Gasteiger partial charge on any atom is -0.385 e. The quantitative estimate of drug-likeness (QED) is 0.889. The summed E-state index contributed by atoms with van der Waals surface area (Å²) in [6, 6.07) is 11.6. The standard InChI is InChI=1S/C15H16N4O/c20-15(17-10-11-4-3-8-18-19-11)13-7-9-16-14-6-2-1-5-12(13)14/h1-6,8,13,16H,7,9-10H2,(H,17,20). The maximum absolute atomic E-state index is 12.3. The minimum absolute atomic E-state index is 0.0459. The maximum atomic E-state index is 12.3. The Morgan fingerprint density at radius 1 is 1.30 bits per heavy atom. The van der Waals surface area contributed by atoms with Crippen molar-refractivity contribution >= 4 is 11.6 Å². The van der Waals surface area contributed by atoms with E-state index in [1.54, 1.807) is 6.20 Å². The lowest BCUT2D eigenvalue weighted by molar-refractivity contribution is -0.122. The molecule has 0 fully saturated rings. The molecule has 1 unspecified atom stereocenters. The highest BCUT2D eigenvalue weighted by Gasteiger charge is 2.25. The van der Waals surface area contributed by atoms with Crippen LogP contribution in [0.1, 0.15) is 23.6 Å². The number of amides is 1. The lowest BCUT2D eigenvalue weighted by Crippen LogP contribution is -2.32. The predicted octanol–water partition coefficient (Wildman–Crippen LogP) is 1.69. The van der Waals surface area contributed by atoms with Crippen LogP contribution in [0.25, 0.3) is 0 Å². The van der Waals surface area contributed by atoms with E-state index in [4.69, 9.17) is 0 Å².